The van der Waals surface area contributed by atoms with Crippen LogP contribution in [0.15, 0.2) is 42.6 Å². The first-order chi connectivity index (χ1) is 23.8. The number of hydrogen-bond acceptors (Lipinski definition) is 9. The Morgan fingerprint density at radius 3 is 2.43 bits per heavy atom. The number of benzene rings is 2. The van der Waals surface area contributed by atoms with Crippen LogP contribution in [0.25, 0.3) is 32.9 Å². The first-order valence-electron chi connectivity index (χ1n) is 17.6. The molecule has 0 radical (unpaired) electrons. The van der Waals surface area contributed by atoms with Crippen LogP contribution < -0.4 is 14.4 Å². The molecule has 5 fully saturated rings. The second-order valence-electron chi connectivity index (χ2n) is 14.7. The Balaban J connectivity index is 1.12. The van der Waals surface area contributed by atoms with E-state index in [2.05, 4.69) is 9.80 Å². The number of rotatable bonds is 9. The van der Waals surface area contributed by atoms with Gasteiger partial charge in [0.2, 0.25) is 0 Å². The Kier molecular flexibility index (Phi) is 7.62. The summed E-state index contributed by atoms with van der Waals surface area (Å²) in [5, 5.41) is 2.23. The third-order valence-corrected chi connectivity index (χ3v) is 11.7. The fourth-order valence-corrected chi connectivity index (χ4v) is 9.59. The van der Waals surface area contributed by atoms with Gasteiger partial charge in [-0.1, -0.05) is 24.3 Å². The van der Waals surface area contributed by atoms with E-state index in [1.165, 1.54) is 0 Å². The number of alkyl halides is 2. The minimum Gasteiger partial charge on any atom is -0.468 e. The molecule has 12 heteroatoms. The largest absolute Gasteiger partial charge is 0.468 e. The van der Waals surface area contributed by atoms with E-state index >= 15 is 4.39 Å². The molecule has 9 rings (SSSR count). The summed E-state index contributed by atoms with van der Waals surface area (Å²) in [6, 6.07) is 11.7. The molecule has 5 aliphatic rings. The first kappa shape index (κ1) is 31.3. The standard InChI is InChI=1S/C37H41F3N6O3/c1-47-22-49-26-14-23-6-2-3-7-27(23)28(15-26)31-30(38)32-29(16-41-31)34(43-35(42-32)48-21-36-10-4-12-46(36)13-5-11-36)44-17-24-8-9-25(18-44)33(24)45-19-37(39,40)20-45/h2-3,6-7,14-16,24-25,33H,4-5,8-13,17-22H2,1H3. The number of methoxy groups -OCH3 is 1. The number of halogens is 3. The lowest BCUT2D eigenvalue weighted by molar-refractivity contribution is -0.156. The van der Waals surface area contributed by atoms with Gasteiger partial charge >= 0.3 is 6.01 Å². The van der Waals surface area contributed by atoms with Crippen LogP contribution >= 0.6 is 0 Å². The summed E-state index contributed by atoms with van der Waals surface area (Å²) in [5.74, 6) is -1.56. The predicted molar refractivity (Wildman–Crippen MR) is 180 cm³/mol. The highest BCUT2D eigenvalue weighted by molar-refractivity contribution is 6.00. The van der Waals surface area contributed by atoms with Crippen molar-refractivity contribution in [3.05, 3.63) is 48.4 Å². The fraction of sp³-hybridized carbons (Fsp3) is 0.541. The summed E-state index contributed by atoms with van der Waals surface area (Å²) in [5.41, 5.74) is 0.874. The van der Waals surface area contributed by atoms with Gasteiger partial charge in [-0.2, -0.15) is 9.97 Å². The normalized spacial score (nSPS) is 26.0. The number of aromatic nitrogens is 3. The molecule has 258 valence electrons. The van der Waals surface area contributed by atoms with Crippen LogP contribution in [0, 0.1) is 17.7 Å². The van der Waals surface area contributed by atoms with Crippen molar-refractivity contribution in [2.45, 2.75) is 56.0 Å². The zero-order valence-corrected chi connectivity index (χ0v) is 27.7. The summed E-state index contributed by atoms with van der Waals surface area (Å²) in [6.07, 6.45) is 8.03. The second kappa shape index (κ2) is 11.9. The molecular formula is C37H41F3N6O3. The smallest absolute Gasteiger partial charge is 0.319 e. The summed E-state index contributed by atoms with van der Waals surface area (Å²) < 4.78 is 62.1. The van der Waals surface area contributed by atoms with Crippen LogP contribution in [-0.2, 0) is 4.74 Å². The number of anilines is 1. The first-order valence-corrected chi connectivity index (χ1v) is 17.6. The molecule has 6 heterocycles. The third-order valence-electron chi connectivity index (χ3n) is 11.7. The molecule has 1 saturated carbocycles. The molecule has 4 saturated heterocycles. The number of piperidine rings is 1. The minimum atomic E-state index is -2.60. The monoisotopic (exact) mass is 674 g/mol. The van der Waals surface area contributed by atoms with Gasteiger partial charge in [0.15, 0.2) is 12.6 Å². The lowest BCUT2D eigenvalue weighted by atomic mass is 9.88. The van der Waals surface area contributed by atoms with Crippen molar-refractivity contribution in [1.82, 2.24) is 24.8 Å². The molecule has 1 aliphatic carbocycles. The van der Waals surface area contributed by atoms with Crippen LogP contribution in [0.2, 0.25) is 0 Å². The van der Waals surface area contributed by atoms with Gasteiger partial charge in [-0.05, 0) is 86.4 Å². The van der Waals surface area contributed by atoms with Crippen LogP contribution in [0.1, 0.15) is 38.5 Å². The van der Waals surface area contributed by atoms with E-state index < -0.39 is 11.7 Å². The van der Waals surface area contributed by atoms with E-state index in [4.69, 9.17) is 29.2 Å². The molecule has 2 bridgehead atoms. The molecule has 0 spiro atoms. The van der Waals surface area contributed by atoms with Crippen molar-refractivity contribution in [3.63, 3.8) is 0 Å². The van der Waals surface area contributed by atoms with Crippen molar-refractivity contribution in [2.75, 3.05) is 64.7 Å². The minimum absolute atomic E-state index is 0.0290. The van der Waals surface area contributed by atoms with E-state index in [-0.39, 0.29) is 60.5 Å². The summed E-state index contributed by atoms with van der Waals surface area (Å²) in [4.78, 5) is 21.1. The zero-order valence-electron chi connectivity index (χ0n) is 27.7. The molecule has 49 heavy (non-hydrogen) atoms. The molecule has 9 nitrogen and oxygen atoms in total. The van der Waals surface area contributed by atoms with Crippen molar-refractivity contribution in [3.8, 4) is 23.0 Å². The van der Waals surface area contributed by atoms with Crippen molar-refractivity contribution >= 4 is 27.5 Å². The van der Waals surface area contributed by atoms with Gasteiger partial charge in [0.1, 0.15) is 29.4 Å². The van der Waals surface area contributed by atoms with Gasteiger partial charge in [-0.15, -0.1) is 0 Å². The lowest BCUT2D eigenvalue weighted by Crippen LogP contribution is -2.65. The van der Waals surface area contributed by atoms with Gasteiger partial charge in [0, 0.05) is 38.0 Å². The van der Waals surface area contributed by atoms with Gasteiger partial charge in [-0.25, -0.2) is 13.2 Å². The van der Waals surface area contributed by atoms with Gasteiger partial charge in [0.25, 0.3) is 5.92 Å². The average Bonchev–Trinajstić information content (AvgIpc) is 3.75. The molecule has 2 aromatic heterocycles. The topological polar surface area (TPSA) is 76.1 Å². The number of nitrogens with zero attached hydrogens (tertiary/aromatic N) is 6. The Labute approximate surface area is 283 Å². The van der Waals surface area contributed by atoms with Crippen molar-refractivity contribution in [1.29, 1.82) is 0 Å². The molecule has 4 aromatic rings. The van der Waals surface area contributed by atoms with Crippen LogP contribution in [0.5, 0.6) is 11.8 Å². The quantitative estimate of drug-likeness (QED) is 0.195. The second-order valence-corrected chi connectivity index (χ2v) is 14.7. The molecule has 0 N–H and O–H groups in total. The Hall–Kier alpha value is -3.74. The highest BCUT2D eigenvalue weighted by Crippen LogP contribution is 2.46. The van der Waals surface area contributed by atoms with Crippen molar-refractivity contribution < 1.29 is 27.4 Å². The van der Waals surface area contributed by atoms with Crippen molar-refractivity contribution in [2.24, 2.45) is 11.8 Å². The lowest BCUT2D eigenvalue weighted by Gasteiger charge is -2.50. The molecule has 2 aromatic carbocycles. The van der Waals surface area contributed by atoms with Gasteiger partial charge in [0.05, 0.1) is 24.0 Å². The van der Waals surface area contributed by atoms with E-state index in [0.717, 1.165) is 62.4 Å². The molecular weight excluding hydrogens is 633 g/mol. The van der Waals surface area contributed by atoms with E-state index in [1.807, 2.05) is 35.2 Å². The average molecular weight is 675 g/mol. The Bertz CT molecular complexity index is 1880. The number of ether oxygens (including phenoxy) is 3. The summed E-state index contributed by atoms with van der Waals surface area (Å²) in [6.45, 7) is 3.62. The summed E-state index contributed by atoms with van der Waals surface area (Å²) >= 11 is 0. The Morgan fingerprint density at radius 1 is 0.939 bits per heavy atom. The predicted octanol–water partition coefficient (Wildman–Crippen LogP) is 6.14. The number of pyridine rings is 1. The highest BCUT2D eigenvalue weighted by atomic mass is 19.3. The van der Waals surface area contributed by atoms with E-state index in [0.29, 0.717) is 42.2 Å². The van der Waals surface area contributed by atoms with Crippen LogP contribution in [0.4, 0.5) is 19.0 Å². The zero-order chi connectivity index (χ0) is 33.3. The van der Waals surface area contributed by atoms with Gasteiger partial charge < -0.3 is 19.1 Å². The molecule has 2 atom stereocenters. The maximum absolute atomic E-state index is 17.0. The molecule has 2 unspecified atom stereocenters. The number of hydrogen-bond donors (Lipinski definition) is 0. The maximum Gasteiger partial charge on any atom is 0.319 e. The molecule has 0 amide bonds. The highest BCUT2D eigenvalue weighted by Gasteiger charge is 2.54. The Morgan fingerprint density at radius 2 is 1.69 bits per heavy atom. The fourth-order valence-electron chi connectivity index (χ4n) is 9.59. The van der Waals surface area contributed by atoms with E-state index in [9.17, 15) is 8.78 Å². The van der Waals surface area contributed by atoms with Crippen LogP contribution in [-0.4, -0.2) is 102 Å². The third kappa shape index (κ3) is 5.38. The number of likely N-dealkylation sites (tertiary alicyclic amines) is 1. The number of fused-ring (bicyclic) bond motifs is 5. The molecule has 4 aliphatic heterocycles. The van der Waals surface area contributed by atoms with Gasteiger partial charge in [-0.3, -0.25) is 14.8 Å². The van der Waals surface area contributed by atoms with Crippen LogP contribution in [0.3, 0.4) is 0 Å². The van der Waals surface area contributed by atoms with E-state index in [1.54, 1.807) is 19.4 Å². The maximum atomic E-state index is 17.0. The summed E-state index contributed by atoms with van der Waals surface area (Å²) in [7, 11) is 1.55. The SMILES string of the molecule is COCOc1cc(-c2ncc3c(N4CC5CCC(C4)C5N4CC(F)(F)C4)nc(OCC45CCCN4CCC5)nc3c2F)c2ccccc2c1.